The van der Waals surface area contributed by atoms with Crippen LogP contribution in [0.4, 0.5) is 5.95 Å². The van der Waals surface area contributed by atoms with Crippen LogP contribution in [-0.2, 0) is 0 Å². The third-order valence-corrected chi connectivity index (χ3v) is 1.14. The van der Waals surface area contributed by atoms with Crippen LogP contribution in [-0.4, -0.2) is 24.6 Å². The normalized spacial score (nSPS) is 10.4. The molecule has 2 heterocycles. The number of nitrogen functional groups attached to an aromatic ring is 1. The van der Waals surface area contributed by atoms with Crippen LogP contribution in [0, 0.1) is 0 Å². The second kappa shape index (κ2) is 1.63. The molecule has 0 unspecified atom stereocenters. The van der Waals surface area contributed by atoms with Crippen LogP contribution in [0.1, 0.15) is 0 Å². The highest BCUT2D eigenvalue weighted by atomic mass is 15.3. The van der Waals surface area contributed by atoms with E-state index in [1.165, 1.54) is 17.1 Å². The number of nitrogens with two attached hydrogens (primary N) is 1. The predicted octanol–water partition coefficient (Wildman–Crippen LogP) is -0.899. The molecule has 6 heteroatoms. The second-order valence-corrected chi connectivity index (χ2v) is 1.73. The summed E-state index contributed by atoms with van der Waals surface area (Å²) in [5.41, 5.74) is 5.43. The summed E-state index contributed by atoms with van der Waals surface area (Å²) >= 11 is 0. The quantitative estimate of drug-likeness (QED) is 0.507. The van der Waals surface area contributed by atoms with Crippen molar-refractivity contribution in [3.05, 3.63) is 12.7 Å². The van der Waals surface area contributed by atoms with Gasteiger partial charge in [-0.2, -0.15) is 4.98 Å². The number of anilines is 1. The lowest BCUT2D eigenvalue weighted by Crippen LogP contribution is -1.99. The van der Waals surface area contributed by atoms with Crippen molar-refractivity contribution in [1.29, 1.82) is 0 Å². The largest absolute Gasteiger partial charge is 0.369 e. The molecule has 0 aromatic carbocycles. The number of fused-ring (bicyclic) bond motifs is 1. The molecule has 0 aliphatic heterocycles. The Labute approximate surface area is 55.7 Å². The van der Waals surface area contributed by atoms with Crippen LogP contribution in [0.2, 0.25) is 0 Å². The molecule has 6 nitrogen and oxygen atoms in total. The van der Waals surface area contributed by atoms with E-state index in [9.17, 15) is 0 Å². The first kappa shape index (κ1) is 5.10. The van der Waals surface area contributed by atoms with Gasteiger partial charge >= 0.3 is 0 Å². The Morgan fingerprint density at radius 2 is 2.30 bits per heavy atom. The zero-order valence-electron chi connectivity index (χ0n) is 4.97. The molecule has 0 bridgehead atoms. The minimum absolute atomic E-state index is 0.343. The number of rotatable bonds is 0. The minimum Gasteiger partial charge on any atom is -0.369 e. The van der Waals surface area contributed by atoms with E-state index < -0.39 is 0 Å². The van der Waals surface area contributed by atoms with Gasteiger partial charge in [0, 0.05) is 0 Å². The van der Waals surface area contributed by atoms with Gasteiger partial charge in [-0.3, -0.25) is 0 Å². The molecule has 0 aliphatic carbocycles. The Kier molecular flexibility index (Phi) is 0.830. The number of hydrogen-bond donors (Lipinski definition) is 1. The third kappa shape index (κ3) is 0.524. The van der Waals surface area contributed by atoms with Crippen molar-refractivity contribution in [1.82, 2.24) is 24.6 Å². The maximum Gasteiger partial charge on any atom is 0.259 e. The van der Waals surface area contributed by atoms with Crippen molar-refractivity contribution in [3.63, 3.8) is 0 Å². The van der Waals surface area contributed by atoms with Crippen molar-refractivity contribution in [2.45, 2.75) is 0 Å². The van der Waals surface area contributed by atoms with Gasteiger partial charge in [-0.1, -0.05) is 0 Å². The zero-order valence-corrected chi connectivity index (χ0v) is 4.97. The SMILES string of the molecule is Nc1ncnc2nncn12. The minimum atomic E-state index is 0.343. The molecule has 0 amide bonds. The van der Waals surface area contributed by atoms with Gasteiger partial charge < -0.3 is 5.73 Å². The lowest BCUT2D eigenvalue weighted by molar-refractivity contribution is 1.03. The van der Waals surface area contributed by atoms with Gasteiger partial charge in [-0.05, 0) is 0 Å². The molecule has 2 aromatic rings. The van der Waals surface area contributed by atoms with E-state index in [0.29, 0.717) is 11.7 Å². The van der Waals surface area contributed by atoms with E-state index in [1.807, 2.05) is 0 Å². The highest BCUT2D eigenvalue weighted by molar-refractivity contribution is 5.32. The summed E-state index contributed by atoms with van der Waals surface area (Å²) < 4.78 is 1.50. The molecule has 2 N–H and O–H groups in total. The summed E-state index contributed by atoms with van der Waals surface area (Å²) in [4.78, 5) is 7.53. The summed E-state index contributed by atoms with van der Waals surface area (Å²) in [5, 5.41) is 7.25. The molecular weight excluding hydrogens is 132 g/mol. The van der Waals surface area contributed by atoms with Crippen LogP contribution >= 0.6 is 0 Å². The lowest BCUT2D eigenvalue weighted by Gasteiger charge is -1.91. The summed E-state index contributed by atoms with van der Waals surface area (Å²) in [5.74, 6) is 0.808. The van der Waals surface area contributed by atoms with Crippen LogP contribution in [0.3, 0.4) is 0 Å². The fourth-order valence-corrected chi connectivity index (χ4v) is 0.680. The van der Waals surface area contributed by atoms with Crippen LogP contribution in [0.5, 0.6) is 0 Å². The van der Waals surface area contributed by atoms with Gasteiger partial charge in [-0.15, -0.1) is 10.2 Å². The molecular formula is C4H4N6. The monoisotopic (exact) mass is 136 g/mol. The van der Waals surface area contributed by atoms with Crippen molar-refractivity contribution >= 4 is 11.7 Å². The summed E-state index contributed by atoms with van der Waals surface area (Å²) in [7, 11) is 0. The smallest absolute Gasteiger partial charge is 0.259 e. The molecule has 2 rings (SSSR count). The molecule has 0 saturated carbocycles. The van der Waals surface area contributed by atoms with E-state index in [-0.39, 0.29) is 0 Å². The summed E-state index contributed by atoms with van der Waals surface area (Å²) in [6, 6.07) is 0. The molecule has 2 aromatic heterocycles. The van der Waals surface area contributed by atoms with Crippen molar-refractivity contribution in [2.24, 2.45) is 0 Å². The van der Waals surface area contributed by atoms with Crippen molar-refractivity contribution in [3.8, 4) is 0 Å². The number of hydrogen-bond acceptors (Lipinski definition) is 5. The number of nitrogens with zero attached hydrogens (tertiary/aromatic N) is 5. The van der Waals surface area contributed by atoms with Gasteiger partial charge in [0.05, 0.1) is 0 Å². The summed E-state index contributed by atoms with van der Waals surface area (Å²) in [6.07, 6.45) is 2.81. The van der Waals surface area contributed by atoms with Crippen molar-refractivity contribution in [2.75, 3.05) is 5.73 Å². The molecule has 0 fully saturated rings. The molecule has 0 saturated heterocycles. The third-order valence-electron chi connectivity index (χ3n) is 1.14. The Bertz CT molecular complexity index is 351. The maximum absolute atomic E-state index is 5.43. The second-order valence-electron chi connectivity index (χ2n) is 1.73. The lowest BCUT2D eigenvalue weighted by atomic mass is 10.9. The van der Waals surface area contributed by atoms with E-state index >= 15 is 0 Å². The first-order valence-corrected chi connectivity index (χ1v) is 2.64. The van der Waals surface area contributed by atoms with Gasteiger partial charge in [0.25, 0.3) is 5.78 Å². The van der Waals surface area contributed by atoms with Crippen molar-refractivity contribution < 1.29 is 0 Å². The van der Waals surface area contributed by atoms with Gasteiger partial charge in [0.2, 0.25) is 5.95 Å². The maximum atomic E-state index is 5.43. The summed E-state index contributed by atoms with van der Waals surface area (Å²) in [6.45, 7) is 0. The predicted molar refractivity (Wildman–Crippen MR) is 33.0 cm³/mol. The fraction of sp³-hybridized carbons (Fsp3) is 0. The highest BCUT2D eigenvalue weighted by Crippen LogP contribution is 1.96. The van der Waals surface area contributed by atoms with Gasteiger partial charge in [-0.25, -0.2) is 9.38 Å². The molecule has 0 spiro atoms. The zero-order chi connectivity index (χ0) is 6.97. The Balaban J connectivity index is 2.95. The Hall–Kier alpha value is -1.72. The van der Waals surface area contributed by atoms with E-state index in [4.69, 9.17) is 5.73 Å². The molecule has 10 heavy (non-hydrogen) atoms. The average Bonchev–Trinajstić information content (AvgIpc) is 2.36. The highest BCUT2D eigenvalue weighted by Gasteiger charge is 1.97. The van der Waals surface area contributed by atoms with E-state index in [2.05, 4.69) is 20.2 Å². The topological polar surface area (TPSA) is 82.0 Å². The van der Waals surface area contributed by atoms with E-state index in [0.717, 1.165) is 0 Å². The standard InChI is InChI=1S/C4H4N6/c5-3-6-1-7-4-9-8-2-10(3)4/h1-2H,(H2,5,6,7,9). The van der Waals surface area contributed by atoms with E-state index in [1.54, 1.807) is 0 Å². The first-order valence-electron chi connectivity index (χ1n) is 2.64. The molecule has 0 aliphatic rings. The average molecular weight is 136 g/mol. The Morgan fingerprint density at radius 3 is 3.10 bits per heavy atom. The first-order chi connectivity index (χ1) is 4.88. The number of aromatic nitrogens is 5. The van der Waals surface area contributed by atoms with Gasteiger partial charge in [0.1, 0.15) is 12.7 Å². The van der Waals surface area contributed by atoms with Crippen LogP contribution in [0.25, 0.3) is 5.78 Å². The molecule has 0 radical (unpaired) electrons. The molecule has 50 valence electrons. The Morgan fingerprint density at radius 1 is 1.40 bits per heavy atom. The van der Waals surface area contributed by atoms with Crippen LogP contribution < -0.4 is 5.73 Å². The fourth-order valence-electron chi connectivity index (χ4n) is 0.680. The molecule has 0 atom stereocenters. The van der Waals surface area contributed by atoms with Gasteiger partial charge in [0.15, 0.2) is 0 Å². The van der Waals surface area contributed by atoms with Crippen LogP contribution in [0.15, 0.2) is 12.7 Å².